The molecular formula is C16H22N6O. The molecule has 3 heterocycles. The SMILES string of the molecule is O=C(NC1CCCC1)C1CCCN(c2ncnc3nc[nH]c23)C1. The summed E-state index contributed by atoms with van der Waals surface area (Å²) in [6, 6.07) is 0.385. The predicted octanol–water partition coefficient (Wildman–Crippen LogP) is 1.63. The fourth-order valence-electron chi connectivity index (χ4n) is 3.76. The first-order valence-corrected chi connectivity index (χ1v) is 8.50. The molecule has 0 spiro atoms. The molecule has 1 atom stereocenters. The number of rotatable bonds is 3. The number of imidazole rings is 1. The van der Waals surface area contributed by atoms with Crippen molar-refractivity contribution in [3.8, 4) is 0 Å². The Morgan fingerprint density at radius 3 is 2.91 bits per heavy atom. The van der Waals surface area contributed by atoms with E-state index in [0.29, 0.717) is 18.2 Å². The highest BCUT2D eigenvalue weighted by Gasteiger charge is 2.29. The topological polar surface area (TPSA) is 86.8 Å². The highest BCUT2D eigenvalue weighted by molar-refractivity contribution is 5.84. The number of nitrogens with one attached hydrogen (secondary N) is 2. The summed E-state index contributed by atoms with van der Waals surface area (Å²) >= 11 is 0. The second-order valence-corrected chi connectivity index (χ2v) is 6.57. The van der Waals surface area contributed by atoms with E-state index >= 15 is 0 Å². The Balaban J connectivity index is 1.48. The minimum atomic E-state index is 0.0392. The summed E-state index contributed by atoms with van der Waals surface area (Å²) in [4.78, 5) is 30.6. The Bertz CT molecular complexity index is 693. The Morgan fingerprint density at radius 2 is 2.04 bits per heavy atom. The second-order valence-electron chi connectivity index (χ2n) is 6.57. The number of fused-ring (bicyclic) bond motifs is 1. The van der Waals surface area contributed by atoms with Gasteiger partial charge in [0.05, 0.1) is 12.2 Å². The van der Waals surface area contributed by atoms with Gasteiger partial charge in [-0.2, -0.15) is 0 Å². The minimum absolute atomic E-state index is 0.0392. The molecule has 2 aromatic heterocycles. The van der Waals surface area contributed by atoms with Crippen LogP contribution >= 0.6 is 0 Å². The van der Waals surface area contributed by atoms with Crippen LogP contribution in [0.2, 0.25) is 0 Å². The molecule has 23 heavy (non-hydrogen) atoms. The van der Waals surface area contributed by atoms with Crippen LogP contribution in [0.1, 0.15) is 38.5 Å². The fraction of sp³-hybridized carbons (Fsp3) is 0.625. The van der Waals surface area contributed by atoms with Gasteiger partial charge in [-0.25, -0.2) is 15.0 Å². The first kappa shape index (κ1) is 14.4. The molecule has 1 aliphatic heterocycles. The molecule has 0 bridgehead atoms. The molecule has 0 radical (unpaired) electrons. The van der Waals surface area contributed by atoms with Crippen molar-refractivity contribution in [1.82, 2.24) is 25.3 Å². The molecule has 2 fully saturated rings. The van der Waals surface area contributed by atoms with E-state index in [1.54, 1.807) is 12.7 Å². The number of carbonyl (C=O) groups is 1. The zero-order chi connectivity index (χ0) is 15.6. The molecular weight excluding hydrogens is 292 g/mol. The lowest BCUT2D eigenvalue weighted by atomic mass is 9.96. The minimum Gasteiger partial charge on any atom is -0.354 e. The molecule has 7 heteroatoms. The van der Waals surface area contributed by atoms with Crippen LogP contribution in [0.3, 0.4) is 0 Å². The quantitative estimate of drug-likeness (QED) is 0.899. The van der Waals surface area contributed by atoms with E-state index in [1.165, 1.54) is 12.8 Å². The van der Waals surface area contributed by atoms with Crippen molar-refractivity contribution in [2.75, 3.05) is 18.0 Å². The zero-order valence-electron chi connectivity index (χ0n) is 13.2. The summed E-state index contributed by atoms with van der Waals surface area (Å²) < 4.78 is 0. The van der Waals surface area contributed by atoms with Gasteiger partial charge in [0.2, 0.25) is 5.91 Å². The van der Waals surface area contributed by atoms with Gasteiger partial charge in [0.25, 0.3) is 0 Å². The lowest BCUT2D eigenvalue weighted by Crippen LogP contribution is -2.45. The van der Waals surface area contributed by atoms with Crippen molar-refractivity contribution in [3.63, 3.8) is 0 Å². The third-order valence-corrected chi connectivity index (χ3v) is 5.00. The number of aromatic amines is 1. The number of amides is 1. The van der Waals surface area contributed by atoms with Crippen LogP contribution in [0, 0.1) is 5.92 Å². The third-order valence-electron chi connectivity index (χ3n) is 5.00. The van der Waals surface area contributed by atoms with Crippen molar-refractivity contribution in [3.05, 3.63) is 12.7 Å². The molecule has 1 unspecified atom stereocenters. The number of carbonyl (C=O) groups excluding carboxylic acids is 1. The highest BCUT2D eigenvalue weighted by Crippen LogP contribution is 2.26. The molecule has 1 aliphatic carbocycles. The number of piperidine rings is 1. The van der Waals surface area contributed by atoms with Crippen molar-refractivity contribution in [1.29, 1.82) is 0 Å². The van der Waals surface area contributed by atoms with E-state index in [4.69, 9.17) is 0 Å². The van der Waals surface area contributed by atoms with E-state index in [1.807, 2.05) is 0 Å². The van der Waals surface area contributed by atoms with Crippen molar-refractivity contribution < 1.29 is 4.79 Å². The first-order valence-electron chi connectivity index (χ1n) is 8.50. The van der Waals surface area contributed by atoms with Crippen LogP contribution in [0.4, 0.5) is 5.82 Å². The number of H-pyrrole nitrogens is 1. The second kappa shape index (κ2) is 6.14. The molecule has 1 saturated heterocycles. The van der Waals surface area contributed by atoms with Crippen molar-refractivity contribution in [2.24, 2.45) is 5.92 Å². The Hall–Kier alpha value is -2.18. The maximum Gasteiger partial charge on any atom is 0.225 e. The van der Waals surface area contributed by atoms with Crippen LogP contribution in [0.5, 0.6) is 0 Å². The van der Waals surface area contributed by atoms with Gasteiger partial charge in [0.15, 0.2) is 11.5 Å². The highest BCUT2D eigenvalue weighted by atomic mass is 16.2. The number of anilines is 1. The van der Waals surface area contributed by atoms with Gasteiger partial charge in [-0.1, -0.05) is 12.8 Å². The monoisotopic (exact) mass is 314 g/mol. The van der Waals surface area contributed by atoms with E-state index in [0.717, 1.165) is 43.6 Å². The molecule has 122 valence electrons. The van der Waals surface area contributed by atoms with Crippen LogP contribution in [0.15, 0.2) is 12.7 Å². The molecule has 1 amide bonds. The predicted molar refractivity (Wildman–Crippen MR) is 87.0 cm³/mol. The van der Waals surface area contributed by atoms with Gasteiger partial charge in [-0.05, 0) is 25.7 Å². The molecule has 2 N–H and O–H groups in total. The molecule has 4 rings (SSSR count). The van der Waals surface area contributed by atoms with Crippen LogP contribution < -0.4 is 10.2 Å². The number of aromatic nitrogens is 4. The average molecular weight is 314 g/mol. The largest absolute Gasteiger partial charge is 0.354 e. The van der Waals surface area contributed by atoms with Gasteiger partial charge in [-0.3, -0.25) is 4.79 Å². The molecule has 1 saturated carbocycles. The normalized spacial score (nSPS) is 22.6. The lowest BCUT2D eigenvalue weighted by Gasteiger charge is -2.33. The summed E-state index contributed by atoms with van der Waals surface area (Å²) in [5.41, 5.74) is 1.52. The van der Waals surface area contributed by atoms with E-state index < -0.39 is 0 Å². The van der Waals surface area contributed by atoms with Crippen molar-refractivity contribution >= 4 is 22.9 Å². The summed E-state index contributed by atoms with van der Waals surface area (Å²) in [5, 5.41) is 3.23. The van der Waals surface area contributed by atoms with E-state index in [-0.39, 0.29) is 11.8 Å². The standard InChI is InChI=1S/C16H22N6O/c23-16(21-12-5-1-2-6-12)11-4-3-7-22(8-11)15-13-14(18-9-17-13)19-10-20-15/h9-12H,1-8H2,(H,21,23)(H,17,18,19,20). The molecule has 2 aliphatic rings. The zero-order valence-corrected chi connectivity index (χ0v) is 13.2. The lowest BCUT2D eigenvalue weighted by molar-refractivity contribution is -0.125. The first-order chi connectivity index (χ1) is 11.3. The van der Waals surface area contributed by atoms with Crippen LogP contribution in [-0.4, -0.2) is 45.0 Å². The number of hydrogen-bond acceptors (Lipinski definition) is 5. The summed E-state index contributed by atoms with van der Waals surface area (Å²) in [5.74, 6) is 1.10. The maximum atomic E-state index is 12.6. The summed E-state index contributed by atoms with van der Waals surface area (Å²) in [6.45, 7) is 1.63. The molecule has 2 aromatic rings. The number of hydrogen-bond donors (Lipinski definition) is 2. The Labute approximate surface area is 134 Å². The van der Waals surface area contributed by atoms with Crippen LogP contribution in [-0.2, 0) is 4.79 Å². The van der Waals surface area contributed by atoms with Gasteiger partial charge in [-0.15, -0.1) is 0 Å². The van der Waals surface area contributed by atoms with E-state index in [9.17, 15) is 4.79 Å². The molecule has 0 aromatic carbocycles. The maximum absolute atomic E-state index is 12.6. The third kappa shape index (κ3) is 2.87. The number of nitrogens with zero attached hydrogens (tertiary/aromatic N) is 4. The summed E-state index contributed by atoms with van der Waals surface area (Å²) in [6.07, 6.45) is 9.86. The smallest absolute Gasteiger partial charge is 0.225 e. The Morgan fingerprint density at radius 1 is 1.17 bits per heavy atom. The van der Waals surface area contributed by atoms with E-state index in [2.05, 4.69) is 30.2 Å². The van der Waals surface area contributed by atoms with Gasteiger partial charge in [0, 0.05) is 19.1 Å². The Kier molecular flexibility index (Phi) is 3.85. The van der Waals surface area contributed by atoms with Crippen molar-refractivity contribution in [2.45, 2.75) is 44.6 Å². The average Bonchev–Trinajstić information content (AvgIpc) is 3.25. The van der Waals surface area contributed by atoms with Gasteiger partial charge in [0.1, 0.15) is 11.8 Å². The molecule has 7 nitrogen and oxygen atoms in total. The van der Waals surface area contributed by atoms with Gasteiger partial charge >= 0.3 is 0 Å². The summed E-state index contributed by atoms with van der Waals surface area (Å²) in [7, 11) is 0. The van der Waals surface area contributed by atoms with Crippen LogP contribution in [0.25, 0.3) is 11.2 Å². The fourth-order valence-corrected chi connectivity index (χ4v) is 3.76. The van der Waals surface area contributed by atoms with Gasteiger partial charge < -0.3 is 15.2 Å².